The van der Waals surface area contributed by atoms with Crippen LogP contribution in [-0.2, 0) is 17.1 Å². The Kier molecular flexibility index (Phi) is 6.31. The number of carbonyl (C=O) groups is 2. The van der Waals surface area contributed by atoms with Gasteiger partial charge in [-0.3, -0.25) is 4.68 Å². The number of carboxylic acids is 1. The van der Waals surface area contributed by atoms with Crippen molar-refractivity contribution in [2.24, 2.45) is 7.05 Å². The Morgan fingerprint density at radius 2 is 1.62 bits per heavy atom. The number of benzene rings is 1. The molecule has 0 spiro atoms. The van der Waals surface area contributed by atoms with Crippen LogP contribution in [0.15, 0.2) is 23.2 Å². The molecule has 11 heteroatoms. The minimum Gasteiger partial charge on any atom is -0.477 e. The number of urea groups is 1. The molecule has 2 rings (SSSR count). The molecule has 0 saturated heterocycles. The van der Waals surface area contributed by atoms with E-state index in [9.17, 15) is 22.4 Å². The number of nitrogens with one attached hydrogen (secondary N) is 2. The van der Waals surface area contributed by atoms with Gasteiger partial charge in [-0.05, 0) is 35.1 Å². The number of aromatic nitrogens is 2. The Labute approximate surface area is 168 Å². The largest absolute Gasteiger partial charge is 0.477 e. The summed E-state index contributed by atoms with van der Waals surface area (Å²) in [4.78, 5) is 23.5. The summed E-state index contributed by atoms with van der Waals surface area (Å²) in [6.45, 7) is 7.28. The number of aromatic carboxylic acids is 1. The zero-order valence-corrected chi connectivity index (χ0v) is 17.5. The minimum atomic E-state index is -4.42. The van der Waals surface area contributed by atoms with Gasteiger partial charge in [-0.25, -0.2) is 18.7 Å². The number of rotatable bonds is 6. The first-order valence-electron chi connectivity index (χ1n) is 8.78. The fourth-order valence-corrected chi connectivity index (χ4v) is 3.69. The molecule has 3 N–H and O–H groups in total. The normalized spacial score (nSPS) is 11.7. The van der Waals surface area contributed by atoms with Crippen molar-refractivity contribution in [2.75, 3.05) is 5.32 Å². The molecular formula is C18H23FN4O5S. The van der Waals surface area contributed by atoms with Crippen molar-refractivity contribution in [3.8, 4) is 0 Å². The first kappa shape index (κ1) is 22.3. The lowest BCUT2D eigenvalue weighted by molar-refractivity contribution is 0.0685. The van der Waals surface area contributed by atoms with Gasteiger partial charge >= 0.3 is 12.0 Å². The second kappa shape index (κ2) is 8.19. The summed E-state index contributed by atoms with van der Waals surface area (Å²) in [5, 5.41) is 14.5. The number of carbonyl (C=O) groups excluding carboxylic acids is 1. The van der Waals surface area contributed by atoms with Crippen LogP contribution in [0.25, 0.3) is 0 Å². The third-order valence-corrected chi connectivity index (χ3v) is 5.43. The summed E-state index contributed by atoms with van der Waals surface area (Å²) < 4.78 is 41.5. The van der Waals surface area contributed by atoms with Gasteiger partial charge in [0.25, 0.3) is 10.0 Å². The van der Waals surface area contributed by atoms with Gasteiger partial charge in [0.15, 0.2) is 5.03 Å². The second-order valence-electron chi connectivity index (χ2n) is 7.12. The smallest absolute Gasteiger partial charge is 0.354 e. The summed E-state index contributed by atoms with van der Waals surface area (Å²) in [7, 11) is -3.15. The van der Waals surface area contributed by atoms with E-state index in [4.69, 9.17) is 5.11 Å². The zero-order chi connectivity index (χ0) is 22.1. The van der Waals surface area contributed by atoms with E-state index < -0.39 is 32.9 Å². The molecule has 2 aromatic rings. The summed E-state index contributed by atoms with van der Waals surface area (Å²) in [6.07, 6.45) is 0. The predicted molar refractivity (Wildman–Crippen MR) is 104 cm³/mol. The summed E-state index contributed by atoms with van der Waals surface area (Å²) in [5.41, 5.74) is 1.02. The van der Waals surface area contributed by atoms with Crippen molar-refractivity contribution in [3.63, 3.8) is 0 Å². The van der Waals surface area contributed by atoms with Crippen LogP contribution in [0.1, 0.15) is 61.1 Å². The predicted octanol–water partition coefficient (Wildman–Crippen LogP) is 3.01. The van der Waals surface area contributed by atoms with E-state index in [0.717, 1.165) is 10.7 Å². The van der Waals surface area contributed by atoms with Gasteiger partial charge in [-0.1, -0.05) is 27.7 Å². The maximum atomic E-state index is 14.0. The van der Waals surface area contributed by atoms with E-state index in [1.54, 1.807) is 0 Å². The molecule has 9 nitrogen and oxygen atoms in total. The molecular weight excluding hydrogens is 403 g/mol. The van der Waals surface area contributed by atoms with E-state index >= 15 is 0 Å². The monoisotopic (exact) mass is 426 g/mol. The Morgan fingerprint density at radius 1 is 1.10 bits per heavy atom. The Morgan fingerprint density at radius 3 is 2.03 bits per heavy atom. The number of sulfonamides is 1. The lowest BCUT2D eigenvalue weighted by Crippen LogP contribution is -2.35. The highest BCUT2D eigenvalue weighted by atomic mass is 32.2. The summed E-state index contributed by atoms with van der Waals surface area (Å²) in [6, 6.07) is 2.36. The molecule has 0 aliphatic rings. The van der Waals surface area contributed by atoms with Crippen LogP contribution in [0.5, 0.6) is 0 Å². The third kappa shape index (κ3) is 4.91. The zero-order valence-electron chi connectivity index (χ0n) is 16.6. The molecule has 1 aromatic heterocycles. The van der Waals surface area contributed by atoms with E-state index in [2.05, 4.69) is 10.4 Å². The highest BCUT2D eigenvalue weighted by Crippen LogP contribution is 2.33. The Bertz CT molecular complexity index is 1030. The summed E-state index contributed by atoms with van der Waals surface area (Å²) >= 11 is 0. The van der Waals surface area contributed by atoms with Crippen LogP contribution in [-0.4, -0.2) is 35.3 Å². The Hall–Kier alpha value is -2.95. The number of anilines is 1. The number of amides is 2. The number of halogens is 1. The number of carboxylic acid groups (broad SMARTS) is 1. The quantitative estimate of drug-likeness (QED) is 0.651. The van der Waals surface area contributed by atoms with Crippen LogP contribution in [0.2, 0.25) is 0 Å². The molecule has 0 aliphatic heterocycles. The van der Waals surface area contributed by atoms with E-state index in [1.807, 2.05) is 32.4 Å². The number of hydrogen-bond acceptors (Lipinski definition) is 5. The molecule has 1 aromatic carbocycles. The Balaban J connectivity index is 2.36. The van der Waals surface area contributed by atoms with Gasteiger partial charge in [0, 0.05) is 18.8 Å². The van der Waals surface area contributed by atoms with Crippen LogP contribution >= 0.6 is 0 Å². The molecule has 0 atom stereocenters. The van der Waals surface area contributed by atoms with Gasteiger partial charge in [0.05, 0.1) is 0 Å². The topological polar surface area (TPSA) is 130 Å². The molecule has 0 aliphatic carbocycles. The van der Waals surface area contributed by atoms with E-state index in [1.165, 1.54) is 19.2 Å². The fraction of sp³-hybridized carbons (Fsp3) is 0.389. The average molecular weight is 426 g/mol. The second-order valence-corrected chi connectivity index (χ2v) is 8.75. The first-order chi connectivity index (χ1) is 13.3. The van der Waals surface area contributed by atoms with Gasteiger partial charge in [0.2, 0.25) is 0 Å². The molecule has 0 saturated carbocycles. The van der Waals surface area contributed by atoms with Gasteiger partial charge in [-0.2, -0.15) is 13.5 Å². The van der Waals surface area contributed by atoms with Gasteiger partial charge in [0.1, 0.15) is 11.5 Å². The molecule has 0 fully saturated rings. The van der Waals surface area contributed by atoms with Crippen molar-refractivity contribution in [2.45, 2.75) is 44.6 Å². The molecule has 0 radical (unpaired) electrons. The van der Waals surface area contributed by atoms with Crippen LogP contribution in [0.4, 0.5) is 14.9 Å². The minimum absolute atomic E-state index is 0.135. The average Bonchev–Trinajstić information content (AvgIpc) is 2.98. The van der Waals surface area contributed by atoms with Crippen molar-refractivity contribution >= 4 is 27.7 Å². The highest BCUT2D eigenvalue weighted by molar-refractivity contribution is 7.90. The van der Waals surface area contributed by atoms with Crippen LogP contribution in [0, 0.1) is 5.82 Å². The number of hydrogen-bond donors (Lipinski definition) is 3. The molecule has 0 bridgehead atoms. The molecule has 158 valence electrons. The van der Waals surface area contributed by atoms with Crippen molar-refractivity contribution in [3.05, 3.63) is 40.8 Å². The van der Waals surface area contributed by atoms with Crippen molar-refractivity contribution < 1.29 is 27.5 Å². The SMILES string of the molecule is CC(C)c1cc(F)cc(C(C)C)c1NC(=O)NS(=O)(=O)c1cc(C(=O)O)n(C)n1. The molecule has 2 amide bonds. The van der Waals surface area contributed by atoms with Gasteiger partial charge < -0.3 is 10.4 Å². The maximum Gasteiger partial charge on any atom is 0.354 e. The highest BCUT2D eigenvalue weighted by Gasteiger charge is 2.25. The number of aryl methyl sites for hydroxylation is 1. The van der Waals surface area contributed by atoms with Crippen LogP contribution < -0.4 is 10.0 Å². The third-order valence-electron chi connectivity index (χ3n) is 4.23. The fourth-order valence-electron chi connectivity index (χ4n) is 2.79. The van der Waals surface area contributed by atoms with Crippen molar-refractivity contribution in [1.29, 1.82) is 0 Å². The van der Waals surface area contributed by atoms with E-state index in [0.29, 0.717) is 16.8 Å². The standard InChI is InChI=1S/C18H23FN4O5S/c1-9(2)12-6-11(19)7-13(10(3)4)16(12)20-18(26)22-29(27,28)15-8-14(17(24)25)23(5)21-15/h6-10H,1-5H3,(H,24,25)(H2,20,22,26). The maximum absolute atomic E-state index is 14.0. The van der Waals surface area contributed by atoms with Crippen molar-refractivity contribution in [1.82, 2.24) is 14.5 Å². The summed E-state index contributed by atoms with van der Waals surface area (Å²) in [5.74, 6) is -2.08. The first-order valence-corrected chi connectivity index (χ1v) is 10.3. The lowest BCUT2D eigenvalue weighted by atomic mass is 9.92. The molecule has 1 heterocycles. The number of nitrogens with zero attached hydrogens (tertiary/aromatic N) is 2. The molecule has 29 heavy (non-hydrogen) atoms. The van der Waals surface area contributed by atoms with Crippen LogP contribution in [0.3, 0.4) is 0 Å². The van der Waals surface area contributed by atoms with Gasteiger partial charge in [-0.15, -0.1) is 0 Å². The lowest BCUT2D eigenvalue weighted by Gasteiger charge is -2.20. The van der Waals surface area contributed by atoms with E-state index in [-0.39, 0.29) is 17.5 Å². The molecule has 0 unspecified atom stereocenters.